The van der Waals surface area contributed by atoms with Crippen LogP contribution in [0.5, 0.6) is 0 Å². The van der Waals surface area contributed by atoms with Crippen molar-refractivity contribution >= 4 is 0 Å². The Morgan fingerprint density at radius 1 is 1.19 bits per heavy atom. The standard InChI is InChI=1S/C14H14N2/c1-2-3-9-14(11-15,12-16)10-13-7-5-4-6-8-13/h2-8H,9-10H2,1H3/b3-2+. The first-order valence-electron chi connectivity index (χ1n) is 5.24. The largest absolute Gasteiger partial charge is 0.197 e. The fraction of sp³-hybridized carbons (Fsp3) is 0.286. The molecule has 0 heterocycles. The Balaban J connectivity index is 2.89. The lowest BCUT2D eigenvalue weighted by Gasteiger charge is -2.16. The Morgan fingerprint density at radius 2 is 1.81 bits per heavy atom. The van der Waals surface area contributed by atoms with E-state index in [-0.39, 0.29) is 0 Å². The summed E-state index contributed by atoms with van der Waals surface area (Å²) in [6.07, 6.45) is 4.69. The van der Waals surface area contributed by atoms with E-state index >= 15 is 0 Å². The van der Waals surface area contributed by atoms with Crippen molar-refractivity contribution in [3.8, 4) is 12.1 Å². The van der Waals surface area contributed by atoms with Gasteiger partial charge in [0, 0.05) is 6.42 Å². The minimum Gasteiger partial charge on any atom is -0.197 e. The van der Waals surface area contributed by atoms with Gasteiger partial charge in [0.25, 0.3) is 0 Å². The quantitative estimate of drug-likeness (QED) is 0.716. The highest BCUT2D eigenvalue weighted by molar-refractivity contribution is 5.25. The van der Waals surface area contributed by atoms with Crippen molar-refractivity contribution in [1.82, 2.24) is 0 Å². The second kappa shape index (κ2) is 5.73. The summed E-state index contributed by atoms with van der Waals surface area (Å²) in [6.45, 7) is 1.89. The van der Waals surface area contributed by atoms with Gasteiger partial charge in [-0.3, -0.25) is 0 Å². The molecule has 0 fully saturated rings. The van der Waals surface area contributed by atoms with Gasteiger partial charge in [0.15, 0.2) is 5.41 Å². The Bertz CT molecular complexity index is 418. The summed E-state index contributed by atoms with van der Waals surface area (Å²) in [5.74, 6) is 0. The topological polar surface area (TPSA) is 47.6 Å². The number of rotatable bonds is 4. The zero-order chi connectivity index (χ0) is 11.9. The predicted octanol–water partition coefficient (Wildman–Crippen LogP) is 3.23. The van der Waals surface area contributed by atoms with Crippen LogP contribution >= 0.6 is 0 Å². The summed E-state index contributed by atoms with van der Waals surface area (Å²) in [4.78, 5) is 0. The van der Waals surface area contributed by atoms with E-state index in [0.29, 0.717) is 12.8 Å². The van der Waals surface area contributed by atoms with Crippen molar-refractivity contribution in [2.24, 2.45) is 5.41 Å². The first-order valence-corrected chi connectivity index (χ1v) is 5.24. The summed E-state index contributed by atoms with van der Waals surface area (Å²) in [7, 11) is 0. The monoisotopic (exact) mass is 210 g/mol. The maximum atomic E-state index is 9.16. The highest BCUT2D eigenvalue weighted by atomic mass is 14.4. The molecular formula is C14H14N2. The van der Waals surface area contributed by atoms with Crippen LogP contribution in [-0.2, 0) is 6.42 Å². The van der Waals surface area contributed by atoms with Crippen molar-refractivity contribution in [2.45, 2.75) is 19.8 Å². The molecule has 0 aliphatic heterocycles. The highest BCUT2D eigenvalue weighted by Crippen LogP contribution is 2.26. The second-order valence-corrected chi connectivity index (χ2v) is 3.74. The van der Waals surface area contributed by atoms with Crippen molar-refractivity contribution in [1.29, 1.82) is 10.5 Å². The zero-order valence-corrected chi connectivity index (χ0v) is 9.35. The summed E-state index contributed by atoms with van der Waals surface area (Å²) < 4.78 is 0. The molecule has 0 N–H and O–H groups in total. The molecule has 16 heavy (non-hydrogen) atoms. The van der Waals surface area contributed by atoms with E-state index in [2.05, 4.69) is 12.1 Å². The molecule has 1 aromatic carbocycles. The van der Waals surface area contributed by atoms with Gasteiger partial charge < -0.3 is 0 Å². The predicted molar refractivity (Wildman–Crippen MR) is 63.2 cm³/mol. The number of benzene rings is 1. The van der Waals surface area contributed by atoms with E-state index < -0.39 is 5.41 Å². The van der Waals surface area contributed by atoms with Crippen LogP contribution < -0.4 is 0 Å². The summed E-state index contributed by atoms with van der Waals surface area (Å²) in [6, 6.07) is 13.9. The van der Waals surface area contributed by atoms with Crippen molar-refractivity contribution in [3.05, 3.63) is 48.0 Å². The normalized spacial score (nSPS) is 10.9. The molecule has 1 aromatic rings. The Labute approximate surface area is 96.4 Å². The van der Waals surface area contributed by atoms with Gasteiger partial charge in [0.2, 0.25) is 0 Å². The minimum atomic E-state index is -0.937. The molecule has 0 saturated carbocycles. The Hall–Kier alpha value is -2.06. The molecule has 0 saturated heterocycles. The Kier molecular flexibility index (Phi) is 4.30. The number of nitrogens with zero attached hydrogens (tertiary/aromatic N) is 2. The molecule has 1 rings (SSSR count). The van der Waals surface area contributed by atoms with E-state index in [9.17, 15) is 0 Å². The van der Waals surface area contributed by atoms with E-state index in [1.54, 1.807) is 0 Å². The summed E-state index contributed by atoms with van der Waals surface area (Å²) in [5.41, 5.74) is 0.0866. The average Bonchev–Trinajstić information content (AvgIpc) is 2.36. The third-order valence-electron chi connectivity index (χ3n) is 2.48. The van der Waals surface area contributed by atoms with Gasteiger partial charge in [-0.25, -0.2) is 0 Å². The molecule has 2 heteroatoms. The van der Waals surface area contributed by atoms with Crippen molar-refractivity contribution in [2.75, 3.05) is 0 Å². The lowest BCUT2D eigenvalue weighted by atomic mass is 9.81. The first kappa shape index (κ1) is 12.0. The van der Waals surface area contributed by atoms with Crippen molar-refractivity contribution < 1.29 is 0 Å². The maximum absolute atomic E-state index is 9.16. The molecule has 0 amide bonds. The molecule has 0 aliphatic carbocycles. The molecule has 0 atom stereocenters. The average molecular weight is 210 g/mol. The molecular weight excluding hydrogens is 196 g/mol. The van der Waals surface area contributed by atoms with Gasteiger partial charge in [-0.05, 0) is 18.9 Å². The van der Waals surface area contributed by atoms with Crippen LogP contribution in [0.4, 0.5) is 0 Å². The fourth-order valence-corrected chi connectivity index (χ4v) is 1.53. The van der Waals surface area contributed by atoms with Gasteiger partial charge in [0.1, 0.15) is 0 Å². The molecule has 0 unspecified atom stereocenters. The molecule has 0 radical (unpaired) electrons. The third-order valence-corrected chi connectivity index (χ3v) is 2.48. The Morgan fingerprint density at radius 3 is 2.31 bits per heavy atom. The number of nitriles is 2. The van der Waals surface area contributed by atoms with Crippen LogP contribution in [0.25, 0.3) is 0 Å². The molecule has 2 nitrogen and oxygen atoms in total. The van der Waals surface area contributed by atoms with Gasteiger partial charge in [-0.2, -0.15) is 10.5 Å². The van der Waals surface area contributed by atoms with E-state index in [4.69, 9.17) is 10.5 Å². The molecule has 0 aromatic heterocycles. The highest BCUT2D eigenvalue weighted by Gasteiger charge is 2.28. The van der Waals surface area contributed by atoms with Gasteiger partial charge in [-0.1, -0.05) is 42.5 Å². The SMILES string of the molecule is C/C=C/CC(C#N)(C#N)Cc1ccccc1. The molecule has 0 spiro atoms. The lowest BCUT2D eigenvalue weighted by Crippen LogP contribution is -2.18. The van der Waals surface area contributed by atoms with Crippen LogP contribution in [-0.4, -0.2) is 0 Å². The van der Waals surface area contributed by atoms with Crippen LogP contribution in [0.15, 0.2) is 42.5 Å². The van der Waals surface area contributed by atoms with Gasteiger partial charge in [-0.15, -0.1) is 0 Å². The lowest BCUT2D eigenvalue weighted by molar-refractivity contribution is 0.526. The summed E-state index contributed by atoms with van der Waals surface area (Å²) >= 11 is 0. The van der Waals surface area contributed by atoms with Gasteiger partial charge >= 0.3 is 0 Å². The molecule has 80 valence electrons. The van der Waals surface area contributed by atoms with Crippen LogP contribution in [0, 0.1) is 28.1 Å². The van der Waals surface area contributed by atoms with Crippen LogP contribution in [0.3, 0.4) is 0 Å². The minimum absolute atomic E-state index is 0.477. The maximum Gasteiger partial charge on any atom is 0.151 e. The fourth-order valence-electron chi connectivity index (χ4n) is 1.53. The smallest absolute Gasteiger partial charge is 0.151 e. The van der Waals surface area contributed by atoms with E-state index in [0.717, 1.165) is 5.56 Å². The van der Waals surface area contributed by atoms with Gasteiger partial charge in [0.05, 0.1) is 12.1 Å². The number of allylic oxidation sites excluding steroid dienone is 2. The first-order chi connectivity index (χ1) is 7.76. The van der Waals surface area contributed by atoms with E-state index in [1.807, 2.05) is 49.4 Å². The third kappa shape index (κ3) is 2.97. The number of hydrogen-bond acceptors (Lipinski definition) is 2. The molecule has 0 bridgehead atoms. The van der Waals surface area contributed by atoms with Crippen LogP contribution in [0.1, 0.15) is 18.9 Å². The molecule has 0 aliphatic rings. The zero-order valence-electron chi connectivity index (χ0n) is 9.35. The number of hydrogen-bond donors (Lipinski definition) is 0. The van der Waals surface area contributed by atoms with E-state index in [1.165, 1.54) is 0 Å². The summed E-state index contributed by atoms with van der Waals surface area (Å²) in [5, 5.41) is 18.3. The van der Waals surface area contributed by atoms with Crippen molar-refractivity contribution in [3.63, 3.8) is 0 Å². The van der Waals surface area contributed by atoms with Crippen LogP contribution in [0.2, 0.25) is 0 Å². The second-order valence-electron chi connectivity index (χ2n) is 3.74.